The summed E-state index contributed by atoms with van der Waals surface area (Å²) >= 11 is 0. The minimum Gasteiger partial charge on any atom is -0.420 e. The van der Waals surface area contributed by atoms with Gasteiger partial charge in [0.2, 0.25) is 11.8 Å². The van der Waals surface area contributed by atoms with Crippen LogP contribution in [-0.4, -0.2) is 35.2 Å². The third-order valence-corrected chi connectivity index (χ3v) is 3.60. The standard InChI is InChI=1S/C14H16FN3O/c1-18-8-6-11(7-9-18)14-17-16-13(19-14)10-2-4-12(15)5-3-10/h2-5,11H,6-9H2,1H3. The molecule has 0 bridgehead atoms. The van der Waals surface area contributed by atoms with Crippen molar-refractivity contribution in [2.45, 2.75) is 18.8 Å². The highest BCUT2D eigenvalue weighted by molar-refractivity contribution is 5.51. The van der Waals surface area contributed by atoms with E-state index in [-0.39, 0.29) is 5.82 Å². The van der Waals surface area contributed by atoms with Crippen LogP contribution in [0.1, 0.15) is 24.7 Å². The van der Waals surface area contributed by atoms with E-state index in [1.807, 2.05) is 0 Å². The highest BCUT2D eigenvalue weighted by Gasteiger charge is 2.23. The van der Waals surface area contributed by atoms with Crippen LogP contribution >= 0.6 is 0 Å². The van der Waals surface area contributed by atoms with Gasteiger partial charge in [-0.2, -0.15) is 0 Å². The average Bonchev–Trinajstić information content (AvgIpc) is 2.90. The Bertz CT molecular complexity index is 544. The third-order valence-electron chi connectivity index (χ3n) is 3.60. The van der Waals surface area contributed by atoms with E-state index in [2.05, 4.69) is 22.1 Å². The van der Waals surface area contributed by atoms with Crippen molar-refractivity contribution >= 4 is 0 Å². The third kappa shape index (κ3) is 2.66. The number of piperidine rings is 1. The van der Waals surface area contributed by atoms with Crippen LogP contribution in [0, 0.1) is 5.82 Å². The molecule has 19 heavy (non-hydrogen) atoms. The van der Waals surface area contributed by atoms with E-state index in [9.17, 15) is 4.39 Å². The summed E-state index contributed by atoms with van der Waals surface area (Å²) in [6, 6.07) is 6.10. The van der Waals surface area contributed by atoms with Crippen molar-refractivity contribution in [3.8, 4) is 11.5 Å². The van der Waals surface area contributed by atoms with Crippen LogP contribution < -0.4 is 0 Å². The molecule has 4 nitrogen and oxygen atoms in total. The molecule has 0 amide bonds. The van der Waals surface area contributed by atoms with Crippen LogP contribution in [0.25, 0.3) is 11.5 Å². The number of hydrogen-bond acceptors (Lipinski definition) is 4. The zero-order valence-electron chi connectivity index (χ0n) is 10.8. The molecule has 2 heterocycles. The van der Waals surface area contributed by atoms with Crippen molar-refractivity contribution in [1.29, 1.82) is 0 Å². The molecular formula is C14H16FN3O. The quantitative estimate of drug-likeness (QED) is 0.833. The molecule has 1 aromatic carbocycles. The van der Waals surface area contributed by atoms with Gasteiger partial charge in [0.25, 0.3) is 0 Å². The summed E-state index contributed by atoms with van der Waals surface area (Å²) in [6.07, 6.45) is 2.09. The van der Waals surface area contributed by atoms with Crippen LogP contribution in [0.15, 0.2) is 28.7 Å². The molecule has 1 saturated heterocycles. The van der Waals surface area contributed by atoms with E-state index < -0.39 is 0 Å². The van der Waals surface area contributed by atoms with Crippen LogP contribution in [0.3, 0.4) is 0 Å². The maximum absolute atomic E-state index is 12.9. The normalized spacial score (nSPS) is 17.8. The Morgan fingerprint density at radius 2 is 1.84 bits per heavy atom. The molecule has 0 N–H and O–H groups in total. The molecule has 1 aliphatic rings. The maximum atomic E-state index is 12.9. The van der Waals surface area contributed by atoms with E-state index in [1.165, 1.54) is 12.1 Å². The van der Waals surface area contributed by atoms with Crippen molar-refractivity contribution in [1.82, 2.24) is 15.1 Å². The number of nitrogens with zero attached hydrogens (tertiary/aromatic N) is 3. The summed E-state index contributed by atoms with van der Waals surface area (Å²) in [6.45, 7) is 2.11. The number of halogens is 1. The Hall–Kier alpha value is -1.75. The monoisotopic (exact) mass is 261 g/mol. The van der Waals surface area contributed by atoms with Crippen molar-refractivity contribution in [2.75, 3.05) is 20.1 Å². The molecule has 0 aliphatic carbocycles. The summed E-state index contributed by atoms with van der Waals surface area (Å²) in [7, 11) is 2.12. The predicted octanol–water partition coefficient (Wildman–Crippen LogP) is 2.68. The average molecular weight is 261 g/mol. The molecule has 1 aromatic heterocycles. The van der Waals surface area contributed by atoms with Gasteiger partial charge in [0.05, 0.1) is 0 Å². The lowest BCUT2D eigenvalue weighted by Gasteiger charge is -2.26. The number of aromatic nitrogens is 2. The van der Waals surface area contributed by atoms with Gasteiger partial charge in [-0.3, -0.25) is 0 Å². The van der Waals surface area contributed by atoms with E-state index in [0.717, 1.165) is 31.5 Å². The van der Waals surface area contributed by atoms with Gasteiger partial charge in [-0.1, -0.05) is 0 Å². The van der Waals surface area contributed by atoms with Gasteiger partial charge in [-0.05, 0) is 57.2 Å². The van der Waals surface area contributed by atoms with E-state index in [4.69, 9.17) is 4.42 Å². The highest BCUT2D eigenvalue weighted by atomic mass is 19.1. The Labute approximate surface area is 111 Å². The molecule has 100 valence electrons. The molecule has 0 unspecified atom stereocenters. The van der Waals surface area contributed by atoms with Crippen LogP contribution in [-0.2, 0) is 0 Å². The van der Waals surface area contributed by atoms with Gasteiger partial charge in [0, 0.05) is 11.5 Å². The second kappa shape index (κ2) is 5.09. The first-order chi connectivity index (χ1) is 9.22. The summed E-state index contributed by atoms with van der Waals surface area (Å²) < 4.78 is 18.6. The van der Waals surface area contributed by atoms with Crippen LogP contribution in [0.4, 0.5) is 4.39 Å². The maximum Gasteiger partial charge on any atom is 0.247 e. The molecule has 0 atom stereocenters. The summed E-state index contributed by atoms with van der Waals surface area (Å²) in [5.41, 5.74) is 0.757. The lowest BCUT2D eigenvalue weighted by Crippen LogP contribution is -2.29. The number of benzene rings is 1. The largest absolute Gasteiger partial charge is 0.420 e. The van der Waals surface area contributed by atoms with E-state index in [0.29, 0.717) is 17.7 Å². The zero-order chi connectivity index (χ0) is 13.2. The molecule has 0 radical (unpaired) electrons. The first-order valence-electron chi connectivity index (χ1n) is 6.50. The first-order valence-corrected chi connectivity index (χ1v) is 6.50. The molecule has 0 saturated carbocycles. The fourth-order valence-corrected chi connectivity index (χ4v) is 2.36. The topological polar surface area (TPSA) is 42.2 Å². The molecular weight excluding hydrogens is 245 g/mol. The van der Waals surface area contributed by atoms with Gasteiger partial charge >= 0.3 is 0 Å². The zero-order valence-corrected chi connectivity index (χ0v) is 10.8. The van der Waals surface area contributed by atoms with E-state index in [1.54, 1.807) is 12.1 Å². The number of likely N-dealkylation sites (tertiary alicyclic amines) is 1. The molecule has 3 rings (SSSR count). The molecule has 5 heteroatoms. The van der Waals surface area contributed by atoms with Gasteiger partial charge < -0.3 is 9.32 Å². The van der Waals surface area contributed by atoms with Crippen molar-refractivity contribution in [3.05, 3.63) is 36.0 Å². The fraction of sp³-hybridized carbons (Fsp3) is 0.429. The Morgan fingerprint density at radius 3 is 2.53 bits per heavy atom. The molecule has 0 spiro atoms. The van der Waals surface area contributed by atoms with Crippen molar-refractivity contribution < 1.29 is 8.81 Å². The van der Waals surface area contributed by atoms with Crippen molar-refractivity contribution in [3.63, 3.8) is 0 Å². The first kappa shape index (κ1) is 12.3. The lowest BCUT2D eigenvalue weighted by atomic mass is 9.97. The number of hydrogen-bond donors (Lipinski definition) is 0. The van der Waals surface area contributed by atoms with Gasteiger partial charge in [-0.25, -0.2) is 4.39 Å². The molecule has 1 aliphatic heterocycles. The molecule has 2 aromatic rings. The summed E-state index contributed by atoms with van der Waals surface area (Å²) in [5.74, 6) is 1.25. The summed E-state index contributed by atoms with van der Waals surface area (Å²) in [5, 5.41) is 8.19. The van der Waals surface area contributed by atoms with Gasteiger partial charge in [-0.15, -0.1) is 10.2 Å². The van der Waals surface area contributed by atoms with Gasteiger partial charge in [0.15, 0.2) is 0 Å². The second-order valence-corrected chi connectivity index (χ2v) is 5.03. The highest BCUT2D eigenvalue weighted by Crippen LogP contribution is 2.28. The van der Waals surface area contributed by atoms with E-state index >= 15 is 0 Å². The van der Waals surface area contributed by atoms with Crippen LogP contribution in [0.5, 0.6) is 0 Å². The second-order valence-electron chi connectivity index (χ2n) is 5.03. The summed E-state index contributed by atoms with van der Waals surface area (Å²) in [4.78, 5) is 2.30. The Morgan fingerprint density at radius 1 is 1.16 bits per heavy atom. The SMILES string of the molecule is CN1CCC(c2nnc(-c3ccc(F)cc3)o2)CC1. The predicted molar refractivity (Wildman–Crippen MR) is 69.2 cm³/mol. The smallest absolute Gasteiger partial charge is 0.247 e. The fourth-order valence-electron chi connectivity index (χ4n) is 2.36. The Kier molecular flexibility index (Phi) is 3.29. The minimum absolute atomic E-state index is 0.265. The van der Waals surface area contributed by atoms with Gasteiger partial charge in [0.1, 0.15) is 5.82 Å². The van der Waals surface area contributed by atoms with Crippen molar-refractivity contribution in [2.24, 2.45) is 0 Å². The minimum atomic E-state index is -0.265. The number of rotatable bonds is 2. The van der Waals surface area contributed by atoms with Crippen LogP contribution in [0.2, 0.25) is 0 Å². The lowest BCUT2D eigenvalue weighted by molar-refractivity contribution is 0.237. The Balaban J connectivity index is 1.77. The molecule has 1 fully saturated rings.